The number of hydrogen-bond acceptors (Lipinski definition) is 3. The summed E-state index contributed by atoms with van der Waals surface area (Å²) in [6.45, 7) is 0. The first-order valence-corrected chi connectivity index (χ1v) is 6.38. The molecule has 1 aliphatic rings. The van der Waals surface area contributed by atoms with Crippen LogP contribution < -0.4 is 0 Å². The first-order chi connectivity index (χ1) is 6.93. The van der Waals surface area contributed by atoms with Crippen molar-refractivity contribution in [2.24, 2.45) is 0 Å². The molecule has 0 aliphatic carbocycles. The highest BCUT2D eigenvalue weighted by atomic mass is 32.2. The first kappa shape index (κ1) is 8.50. The zero-order valence-corrected chi connectivity index (χ0v) is 9.15. The van der Waals surface area contributed by atoms with Gasteiger partial charge in [0.15, 0.2) is 0 Å². The third-order valence-corrected chi connectivity index (χ3v) is 4.38. The molecule has 0 N–H and O–H groups in total. The van der Waals surface area contributed by atoms with Gasteiger partial charge in [-0.25, -0.2) is 4.98 Å². The fraction of sp³-hybridized carbons (Fsp3) is 0.182. The Labute approximate surface area is 91.2 Å². The minimum Gasteiger partial charge on any atom is -0.250 e. The number of rotatable bonds is 2. The Kier molecular flexibility index (Phi) is 2.07. The molecule has 1 aliphatic heterocycles. The van der Waals surface area contributed by atoms with E-state index in [0.717, 1.165) is 6.42 Å². The molecule has 1 aromatic heterocycles. The fourth-order valence-electron chi connectivity index (χ4n) is 1.69. The van der Waals surface area contributed by atoms with E-state index < -0.39 is 0 Å². The van der Waals surface area contributed by atoms with Crippen LogP contribution in [-0.2, 0) is 6.42 Å². The van der Waals surface area contributed by atoms with Crippen molar-refractivity contribution in [1.29, 1.82) is 0 Å². The Hall–Kier alpha value is -0.800. The number of benzene rings is 1. The molecule has 3 heteroatoms. The van der Waals surface area contributed by atoms with E-state index in [2.05, 4.69) is 34.6 Å². The van der Waals surface area contributed by atoms with Crippen LogP contribution in [0.15, 0.2) is 40.1 Å². The molecule has 1 atom stereocenters. The monoisotopic (exact) mass is 219 g/mol. The predicted molar refractivity (Wildman–Crippen MR) is 60.9 cm³/mol. The van der Waals surface area contributed by atoms with Gasteiger partial charge in [-0.05, 0) is 11.6 Å². The van der Waals surface area contributed by atoms with E-state index in [9.17, 15) is 0 Å². The summed E-state index contributed by atoms with van der Waals surface area (Å²) < 4.78 is 0. The standard InChI is InChI=1S/C11H9NS2/c1-2-4-10-9(3-1)11(14-10)5-8-6-13-7-12-8/h1-4,6-7,11H,5H2. The van der Waals surface area contributed by atoms with Gasteiger partial charge in [-0.3, -0.25) is 0 Å². The summed E-state index contributed by atoms with van der Waals surface area (Å²) in [6.07, 6.45) is 1.07. The van der Waals surface area contributed by atoms with Crippen LogP contribution in [0.25, 0.3) is 0 Å². The highest BCUT2D eigenvalue weighted by Crippen LogP contribution is 2.50. The van der Waals surface area contributed by atoms with Crippen LogP contribution in [0.1, 0.15) is 16.5 Å². The summed E-state index contributed by atoms with van der Waals surface area (Å²) in [5, 5.41) is 2.77. The van der Waals surface area contributed by atoms with E-state index in [0.29, 0.717) is 5.25 Å². The Bertz CT molecular complexity index is 436. The van der Waals surface area contributed by atoms with Crippen LogP contribution in [0, 0.1) is 0 Å². The molecule has 0 bridgehead atoms. The third-order valence-electron chi connectivity index (χ3n) is 2.41. The van der Waals surface area contributed by atoms with Crippen molar-refractivity contribution >= 4 is 23.1 Å². The van der Waals surface area contributed by atoms with Gasteiger partial charge in [-0.1, -0.05) is 18.2 Å². The van der Waals surface area contributed by atoms with Crippen LogP contribution >= 0.6 is 23.1 Å². The van der Waals surface area contributed by atoms with Crippen LogP contribution in [0.2, 0.25) is 0 Å². The summed E-state index contributed by atoms with van der Waals surface area (Å²) >= 11 is 3.64. The Balaban J connectivity index is 1.80. The maximum Gasteiger partial charge on any atom is 0.0794 e. The van der Waals surface area contributed by atoms with Crippen molar-refractivity contribution in [1.82, 2.24) is 4.98 Å². The molecule has 0 saturated heterocycles. The van der Waals surface area contributed by atoms with E-state index in [1.54, 1.807) is 11.3 Å². The number of fused-ring (bicyclic) bond motifs is 1. The van der Waals surface area contributed by atoms with Gasteiger partial charge in [0.05, 0.1) is 11.2 Å². The number of thioether (sulfide) groups is 1. The Morgan fingerprint density at radius 1 is 1.29 bits per heavy atom. The lowest BCUT2D eigenvalue weighted by molar-refractivity contribution is 0.850. The summed E-state index contributed by atoms with van der Waals surface area (Å²) in [6, 6.07) is 8.64. The summed E-state index contributed by atoms with van der Waals surface area (Å²) in [5.74, 6) is 0. The van der Waals surface area contributed by atoms with E-state index in [1.807, 2.05) is 17.3 Å². The zero-order valence-electron chi connectivity index (χ0n) is 7.51. The smallest absolute Gasteiger partial charge is 0.0794 e. The van der Waals surface area contributed by atoms with Gasteiger partial charge in [0.25, 0.3) is 0 Å². The minimum atomic E-state index is 0.633. The van der Waals surface area contributed by atoms with Gasteiger partial charge in [0, 0.05) is 21.9 Å². The number of thiazole rings is 1. The second kappa shape index (κ2) is 3.41. The average Bonchev–Trinajstić information content (AvgIpc) is 2.67. The van der Waals surface area contributed by atoms with Crippen molar-refractivity contribution in [2.45, 2.75) is 16.6 Å². The van der Waals surface area contributed by atoms with Crippen LogP contribution in [-0.4, -0.2) is 4.98 Å². The lowest BCUT2D eigenvalue weighted by atomic mass is 10.1. The van der Waals surface area contributed by atoms with Crippen molar-refractivity contribution in [3.05, 3.63) is 46.4 Å². The normalized spacial score (nSPS) is 18.7. The van der Waals surface area contributed by atoms with Gasteiger partial charge in [-0.15, -0.1) is 23.1 Å². The summed E-state index contributed by atoms with van der Waals surface area (Å²) in [5.41, 5.74) is 4.62. The molecule has 0 radical (unpaired) electrons. The molecule has 3 rings (SSSR count). The van der Waals surface area contributed by atoms with E-state index in [4.69, 9.17) is 0 Å². The number of aromatic nitrogens is 1. The molecule has 0 amide bonds. The second-order valence-corrected chi connectivity index (χ2v) is 5.29. The second-order valence-electron chi connectivity index (χ2n) is 3.33. The van der Waals surface area contributed by atoms with E-state index in [-0.39, 0.29) is 0 Å². The number of hydrogen-bond donors (Lipinski definition) is 0. The molecular formula is C11H9NS2. The van der Waals surface area contributed by atoms with Gasteiger partial charge in [-0.2, -0.15) is 0 Å². The predicted octanol–water partition coefficient (Wildman–Crippen LogP) is 3.53. The molecule has 1 aromatic carbocycles. The van der Waals surface area contributed by atoms with Gasteiger partial charge >= 0.3 is 0 Å². The molecule has 1 nitrogen and oxygen atoms in total. The topological polar surface area (TPSA) is 12.9 Å². The van der Waals surface area contributed by atoms with E-state index >= 15 is 0 Å². The van der Waals surface area contributed by atoms with Gasteiger partial charge in [0.1, 0.15) is 0 Å². The molecule has 0 saturated carbocycles. The lowest BCUT2D eigenvalue weighted by Crippen LogP contribution is -2.08. The van der Waals surface area contributed by atoms with Crippen molar-refractivity contribution < 1.29 is 0 Å². The third kappa shape index (κ3) is 1.37. The molecule has 2 aromatic rings. The average molecular weight is 219 g/mol. The van der Waals surface area contributed by atoms with Crippen LogP contribution in [0.4, 0.5) is 0 Å². The Morgan fingerprint density at radius 3 is 3.00 bits per heavy atom. The zero-order chi connectivity index (χ0) is 9.38. The quantitative estimate of drug-likeness (QED) is 0.766. The first-order valence-electron chi connectivity index (χ1n) is 4.56. The SMILES string of the molecule is c1ccc2c(c1)SC2Cc1cscn1. The van der Waals surface area contributed by atoms with Crippen LogP contribution in [0.5, 0.6) is 0 Å². The lowest BCUT2D eigenvalue weighted by Gasteiger charge is -2.28. The van der Waals surface area contributed by atoms with Crippen molar-refractivity contribution in [2.75, 3.05) is 0 Å². The molecule has 0 spiro atoms. The summed E-state index contributed by atoms with van der Waals surface area (Å²) in [7, 11) is 0. The fourth-order valence-corrected chi connectivity index (χ4v) is 3.47. The Morgan fingerprint density at radius 2 is 2.21 bits per heavy atom. The molecule has 1 unspecified atom stereocenters. The molecule has 2 heterocycles. The highest BCUT2D eigenvalue weighted by molar-refractivity contribution is 8.01. The van der Waals surface area contributed by atoms with Crippen molar-refractivity contribution in [3.8, 4) is 0 Å². The number of nitrogens with zero attached hydrogens (tertiary/aromatic N) is 1. The highest BCUT2D eigenvalue weighted by Gasteiger charge is 2.26. The van der Waals surface area contributed by atoms with Crippen molar-refractivity contribution in [3.63, 3.8) is 0 Å². The van der Waals surface area contributed by atoms with Gasteiger partial charge < -0.3 is 0 Å². The van der Waals surface area contributed by atoms with Crippen LogP contribution in [0.3, 0.4) is 0 Å². The maximum atomic E-state index is 4.32. The van der Waals surface area contributed by atoms with E-state index in [1.165, 1.54) is 16.2 Å². The minimum absolute atomic E-state index is 0.633. The molecular weight excluding hydrogens is 210 g/mol. The molecule has 14 heavy (non-hydrogen) atoms. The molecule has 0 fully saturated rings. The largest absolute Gasteiger partial charge is 0.250 e. The molecule has 70 valence electrons. The van der Waals surface area contributed by atoms with Gasteiger partial charge in [0.2, 0.25) is 0 Å². The summed E-state index contributed by atoms with van der Waals surface area (Å²) in [4.78, 5) is 5.75. The maximum absolute atomic E-state index is 4.32.